The van der Waals surface area contributed by atoms with Gasteiger partial charge in [0.25, 0.3) is 5.91 Å². The minimum atomic E-state index is -0.747. The third-order valence-electron chi connectivity index (χ3n) is 3.28. The number of halogens is 2. The number of benzene rings is 2. The molecule has 1 aliphatic heterocycles. The van der Waals surface area contributed by atoms with Gasteiger partial charge in [0.1, 0.15) is 11.6 Å². The summed E-state index contributed by atoms with van der Waals surface area (Å²) in [7, 11) is 0. The molecule has 2 aromatic carbocycles. The number of nitrogens with one attached hydrogen (secondary N) is 1. The van der Waals surface area contributed by atoms with Crippen LogP contribution in [-0.2, 0) is 0 Å². The molecule has 1 aliphatic rings. The summed E-state index contributed by atoms with van der Waals surface area (Å²) < 4.78 is 36.9. The summed E-state index contributed by atoms with van der Waals surface area (Å²) in [5.74, 6) is -0.866. The molecule has 0 fully saturated rings. The summed E-state index contributed by atoms with van der Waals surface area (Å²) in [4.78, 5) is 12.1. The van der Waals surface area contributed by atoms with Crippen LogP contribution in [0.25, 0.3) is 0 Å². The second-order valence-corrected chi connectivity index (χ2v) is 4.83. The van der Waals surface area contributed by atoms with E-state index in [0.29, 0.717) is 17.1 Å². The number of amides is 1. The molecular weight excluding hydrogens is 306 g/mol. The molecule has 0 saturated carbocycles. The first-order chi connectivity index (χ1) is 11.0. The molecule has 0 aliphatic carbocycles. The van der Waals surface area contributed by atoms with E-state index in [4.69, 9.17) is 9.47 Å². The number of carbonyl (C=O) groups excluding carboxylic acids is 1. The van der Waals surface area contributed by atoms with Crippen molar-refractivity contribution in [3.63, 3.8) is 0 Å². The molecule has 0 spiro atoms. The van der Waals surface area contributed by atoms with Crippen molar-refractivity contribution in [2.24, 2.45) is 5.10 Å². The number of hydrogen-bond donors (Lipinski definition) is 1. The topological polar surface area (TPSA) is 59.9 Å². The Morgan fingerprint density at radius 3 is 2.70 bits per heavy atom. The molecule has 7 heteroatoms. The van der Waals surface area contributed by atoms with E-state index in [1.807, 2.05) is 0 Å². The third-order valence-corrected chi connectivity index (χ3v) is 3.28. The van der Waals surface area contributed by atoms with E-state index >= 15 is 0 Å². The van der Waals surface area contributed by atoms with Gasteiger partial charge in [-0.3, -0.25) is 4.79 Å². The number of hydrazone groups is 1. The van der Waals surface area contributed by atoms with Crippen LogP contribution in [0.2, 0.25) is 0 Å². The van der Waals surface area contributed by atoms with Crippen molar-refractivity contribution >= 4 is 11.6 Å². The quantitative estimate of drug-likeness (QED) is 0.699. The summed E-state index contributed by atoms with van der Waals surface area (Å²) >= 11 is 0. The number of rotatable bonds is 3. The summed E-state index contributed by atoms with van der Waals surface area (Å²) in [6.07, 6.45) is 0. The van der Waals surface area contributed by atoms with Crippen molar-refractivity contribution in [2.75, 3.05) is 6.79 Å². The predicted molar refractivity (Wildman–Crippen MR) is 78.6 cm³/mol. The van der Waals surface area contributed by atoms with Crippen molar-refractivity contribution in [2.45, 2.75) is 6.92 Å². The van der Waals surface area contributed by atoms with Crippen LogP contribution in [0, 0.1) is 11.6 Å². The zero-order chi connectivity index (χ0) is 16.4. The molecule has 5 nitrogen and oxygen atoms in total. The van der Waals surface area contributed by atoms with Crippen LogP contribution in [-0.4, -0.2) is 18.4 Å². The molecule has 0 atom stereocenters. The van der Waals surface area contributed by atoms with Crippen molar-refractivity contribution in [1.29, 1.82) is 0 Å². The van der Waals surface area contributed by atoms with E-state index in [-0.39, 0.29) is 18.1 Å². The number of hydrogen-bond acceptors (Lipinski definition) is 4. The smallest absolute Gasteiger partial charge is 0.271 e. The monoisotopic (exact) mass is 318 g/mol. The van der Waals surface area contributed by atoms with E-state index in [2.05, 4.69) is 10.5 Å². The maximum absolute atomic E-state index is 13.6. The third kappa shape index (κ3) is 3.13. The Labute approximate surface area is 130 Å². The van der Waals surface area contributed by atoms with Gasteiger partial charge in [0, 0.05) is 17.2 Å². The van der Waals surface area contributed by atoms with Crippen LogP contribution < -0.4 is 14.9 Å². The van der Waals surface area contributed by atoms with Crippen LogP contribution in [0.5, 0.6) is 11.5 Å². The number of ether oxygens (including phenoxy) is 2. The molecule has 2 aromatic rings. The fourth-order valence-electron chi connectivity index (χ4n) is 2.08. The lowest BCUT2D eigenvalue weighted by molar-refractivity contribution is 0.0954. The number of carbonyl (C=O) groups is 1. The fourth-order valence-corrected chi connectivity index (χ4v) is 2.08. The highest BCUT2D eigenvalue weighted by atomic mass is 19.1. The molecular formula is C16H12F2N2O3. The first kappa shape index (κ1) is 15.0. The highest BCUT2D eigenvalue weighted by Gasteiger charge is 2.16. The Hall–Kier alpha value is -2.96. The van der Waals surface area contributed by atoms with Crippen LogP contribution in [0.4, 0.5) is 8.78 Å². The molecule has 1 heterocycles. The van der Waals surface area contributed by atoms with E-state index in [9.17, 15) is 13.6 Å². The second kappa shape index (κ2) is 6.04. The van der Waals surface area contributed by atoms with E-state index < -0.39 is 17.5 Å². The zero-order valence-corrected chi connectivity index (χ0v) is 12.1. The molecule has 1 amide bonds. The van der Waals surface area contributed by atoms with Crippen molar-refractivity contribution in [1.82, 2.24) is 5.43 Å². The Balaban J connectivity index is 1.75. The van der Waals surface area contributed by atoms with Gasteiger partial charge >= 0.3 is 0 Å². The molecule has 0 saturated heterocycles. The van der Waals surface area contributed by atoms with Gasteiger partial charge in [0.2, 0.25) is 6.79 Å². The highest BCUT2D eigenvalue weighted by molar-refractivity contribution is 6.01. The lowest BCUT2D eigenvalue weighted by atomic mass is 10.1. The zero-order valence-electron chi connectivity index (χ0n) is 12.1. The average Bonchev–Trinajstić information content (AvgIpc) is 2.99. The molecule has 23 heavy (non-hydrogen) atoms. The Bertz CT molecular complexity index is 806. The van der Waals surface area contributed by atoms with Crippen molar-refractivity contribution in [3.05, 3.63) is 59.2 Å². The van der Waals surface area contributed by atoms with E-state index in [0.717, 1.165) is 12.1 Å². The molecule has 0 bridgehead atoms. The lowest BCUT2D eigenvalue weighted by Crippen LogP contribution is -2.19. The summed E-state index contributed by atoms with van der Waals surface area (Å²) in [6.45, 7) is 1.62. The molecule has 118 valence electrons. The number of nitrogens with zero attached hydrogens (tertiary/aromatic N) is 1. The first-order valence-electron chi connectivity index (χ1n) is 6.74. The minimum absolute atomic E-state index is 0.109. The van der Waals surface area contributed by atoms with Crippen molar-refractivity contribution in [3.8, 4) is 11.5 Å². The summed E-state index contributed by atoms with van der Waals surface area (Å²) in [5.41, 5.74) is 2.97. The molecule has 3 rings (SSSR count). The predicted octanol–water partition coefficient (Wildman–Crippen LogP) is 2.85. The molecule has 0 aromatic heterocycles. The average molecular weight is 318 g/mol. The van der Waals surface area contributed by atoms with Crippen LogP contribution in [0.1, 0.15) is 22.8 Å². The summed E-state index contributed by atoms with van der Waals surface area (Å²) in [5, 5.41) is 3.84. The normalized spacial score (nSPS) is 13.1. The van der Waals surface area contributed by atoms with Crippen LogP contribution >= 0.6 is 0 Å². The Morgan fingerprint density at radius 2 is 1.91 bits per heavy atom. The van der Waals surface area contributed by atoms with Gasteiger partial charge in [0.15, 0.2) is 11.5 Å². The largest absolute Gasteiger partial charge is 0.454 e. The van der Waals surface area contributed by atoms with E-state index in [1.165, 1.54) is 19.1 Å². The molecule has 0 radical (unpaired) electrons. The van der Waals surface area contributed by atoms with E-state index in [1.54, 1.807) is 12.1 Å². The summed E-state index contributed by atoms with van der Waals surface area (Å²) in [6, 6.07) is 7.85. The van der Waals surface area contributed by atoms with Crippen LogP contribution in [0.15, 0.2) is 41.5 Å². The molecule has 0 unspecified atom stereocenters. The Kier molecular flexibility index (Phi) is 3.92. The second-order valence-electron chi connectivity index (χ2n) is 4.83. The van der Waals surface area contributed by atoms with Crippen molar-refractivity contribution < 1.29 is 23.0 Å². The van der Waals surface area contributed by atoms with Gasteiger partial charge in [-0.15, -0.1) is 0 Å². The molecule has 1 N–H and O–H groups in total. The lowest BCUT2D eigenvalue weighted by Gasteiger charge is -2.05. The highest BCUT2D eigenvalue weighted by Crippen LogP contribution is 2.32. The minimum Gasteiger partial charge on any atom is -0.454 e. The first-order valence-corrected chi connectivity index (χ1v) is 6.74. The SMILES string of the molecule is CC(=NNC(=O)c1ccc2c(c1)OCO2)c1ccc(F)cc1F. The fraction of sp³-hybridized carbons (Fsp3) is 0.125. The number of fused-ring (bicyclic) bond motifs is 1. The maximum atomic E-state index is 13.6. The van der Waals surface area contributed by atoms with Gasteiger partial charge in [-0.05, 0) is 37.3 Å². The maximum Gasteiger partial charge on any atom is 0.271 e. The van der Waals surface area contributed by atoms with Gasteiger partial charge < -0.3 is 9.47 Å². The van der Waals surface area contributed by atoms with Gasteiger partial charge in [-0.1, -0.05) is 0 Å². The van der Waals surface area contributed by atoms with Gasteiger partial charge in [-0.25, -0.2) is 14.2 Å². The van der Waals surface area contributed by atoms with Gasteiger partial charge in [-0.2, -0.15) is 5.10 Å². The van der Waals surface area contributed by atoms with Gasteiger partial charge in [0.05, 0.1) is 5.71 Å². The van der Waals surface area contributed by atoms with Crippen LogP contribution in [0.3, 0.4) is 0 Å². The Morgan fingerprint density at radius 1 is 1.13 bits per heavy atom. The standard InChI is InChI=1S/C16H12F2N2O3/c1-9(12-4-3-11(17)7-13(12)18)19-20-16(21)10-2-5-14-15(6-10)23-8-22-14/h2-7H,8H2,1H3,(H,20,21).